The Labute approximate surface area is 162 Å². The van der Waals surface area contributed by atoms with E-state index in [1.54, 1.807) is 6.08 Å². The molecule has 0 saturated heterocycles. The molecule has 148 valence electrons. The van der Waals surface area contributed by atoms with Crippen LogP contribution in [-0.2, 0) is 14.5 Å². The van der Waals surface area contributed by atoms with Crippen LogP contribution in [0.2, 0.25) is 0 Å². The second-order valence-electron chi connectivity index (χ2n) is 6.59. The molecule has 5 nitrogen and oxygen atoms in total. The minimum atomic E-state index is -0.406. The van der Waals surface area contributed by atoms with Gasteiger partial charge in [0.25, 0.3) is 0 Å². The van der Waals surface area contributed by atoms with Crippen LogP contribution in [0, 0.1) is 11.8 Å². The molecule has 0 N–H and O–H groups in total. The van der Waals surface area contributed by atoms with Gasteiger partial charge in [-0.2, -0.15) is 11.8 Å². The van der Waals surface area contributed by atoms with Crippen LogP contribution in [0.5, 0.6) is 0 Å². The number of Topliss-reactive ketones (excluding diaryl/α,β-unsaturated/α-hetero) is 1. The van der Waals surface area contributed by atoms with Crippen molar-refractivity contribution < 1.29 is 14.5 Å². The van der Waals surface area contributed by atoms with E-state index in [4.69, 9.17) is 9.68 Å². The molecule has 0 aromatic rings. The van der Waals surface area contributed by atoms with E-state index < -0.39 is 5.92 Å². The quantitative estimate of drug-likeness (QED) is 0.209. The van der Waals surface area contributed by atoms with Crippen LogP contribution in [0.1, 0.15) is 59.8 Å². The van der Waals surface area contributed by atoms with E-state index in [1.807, 2.05) is 18.7 Å². The van der Waals surface area contributed by atoms with Gasteiger partial charge in [-0.1, -0.05) is 50.2 Å². The van der Waals surface area contributed by atoms with E-state index in [1.165, 1.54) is 0 Å². The molecule has 1 rings (SSSR count). The molecule has 0 bridgehead atoms. The summed E-state index contributed by atoms with van der Waals surface area (Å²) in [7, 11) is 0. The molecule has 1 aliphatic carbocycles. The van der Waals surface area contributed by atoms with E-state index in [-0.39, 0.29) is 5.78 Å². The predicted molar refractivity (Wildman–Crippen MR) is 111 cm³/mol. The van der Waals surface area contributed by atoms with Gasteiger partial charge in [0.1, 0.15) is 24.9 Å². The SMILES string of the molecule is C=CCO/N=C1/C[C@H](C[C@@H](C)SCC)CC(=O)[C@H]1/C(CCC)=N\OCC. The molecule has 6 heteroatoms. The highest BCUT2D eigenvalue weighted by atomic mass is 32.2. The van der Waals surface area contributed by atoms with E-state index in [9.17, 15) is 4.79 Å². The lowest BCUT2D eigenvalue weighted by atomic mass is 9.75. The summed E-state index contributed by atoms with van der Waals surface area (Å²) < 4.78 is 0. The molecule has 1 fully saturated rings. The topological polar surface area (TPSA) is 60.2 Å². The molecule has 26 heavy (non-hydrogen) atoms. The lowest BCUT2D eigenvalue weighted by molar-refractivity contribution is -0.121. The highest BCUT2D eigenvalue weighted by molar-refractivity contribution is 7.99. The Hall–Kier alpha value is -1.30. The monoisotopic (exact) mass is 382 g/mol. The van der Waals surface area contributed by atoms with Gasteiger partial charge in [-0.15, -0.1) is 0 Å². The molecule has 1 aliphatic rings. The van der Waals surface area contributed by atoms with E-state index in [0.717, 1.165) is 42.9 Å². The summed E-state index contributed by atoms with van der Waals surface area (Å²) in [6, 6.07) is 0. The number of rotatable bonds is 12. The molecule has 0 spiro atoms. The zero-order chi connectivity index (χ0) is 19.4. The Bertz CT molecular complexity index is 505. The maximum atomic E-state index is 13.0. The Morgan fingerprint density at radius 2 is 2.12 bits per heavy atom. The summed E-state index contributed by atoms with van der Waals surface area (Å²) >= 11 is 1.94. The normalized spacial score (nSPS) is 23.8. The van der Waals surface area contributed by atoms with Gasteiger partial charge < -0.3 is 9.68 Å². The molecule has 0 heterocycles. The maximum absolute atomic E-state index is 13.0. The van der Waals surface area contributed by atoms with Gasteiger partial charge in [0, 0.05) is 11.7 Å². The zero-order valence-electron chi connectivity index (χ0n) is 16.7. The number of carbonyl (C=O) groups is 1. The number of nitrogens with zero attached hydrogens (tertiary/aromatic N) is 2. The van der Waals surface area contributed by atoms with Crippen molar-refractivity contribution in [3.8, 4) is 0 Å². The van der Waals surface area contributed by atoms with Gasteiger partial charge in [0.2, 0.25) is 0 Å². The van der Waals surface area contributed by atoms with Crippen LogP contribution in [0.25, 0.3) is 0 Å². The number of oxime groups is 2. The summed E-state index contributed by atoms with van der Waals surface area (Å²) in [5, 5.41) is 9.07. The number of carbonyl (C=O) groups excluding carboxylic acids is 1. The molecule has 0 unspecified atom stereocenters. The van der Waals surface area contributed by atoms with Crippen molar-refractivity contribution in [3.63, 3.8) is 0 Å². The maximum Gasteiger partial charge on any atom is 0.147 e. The van der Waals surface area contributed by atoms with Gasteiger partial charge in [-0.25, -0.2) is 0 Å². The Kier molecular flexibility index (Phi) is 11.3. The molecule has 3 atom stereocenters. The van der Waals surface area contributed by atoms with Crippen LogP contribution in [0.3, 0.4) is 0 Å². The van der Waals surface area contributed by atoms with E-state index >= 15 is 0 Å². The lowest BCUT2D eigenvalue weighted by Crippen LogP contribution is -2.39. The highest BCUT2D eigenvalue weighted by Crippen LogP contribution is 2.32. The average molecular weight is 383 g/mol. The Balaban J connectivity index is 3.01. The summed E-state index contributed by atoms with van der Waals surface area (Å²) in [4.78, 5) is 23.6. The smallest absolute Gasteiger partial charge is 0.147 e. The van der Waals surface area contributed by atoms with Gasteiger partial charge in [-0.3, -0.25) is 4.79 Å². The first kappa shape index (κ1) is 22.7. The van der Waals surface area contributed by atoms with Crippen LogP contribution >= 0.6 is 11.8 Å². The molecule has 0 aromatic carbocycles. The third kappa shape index (κ3) is 7.52. The van der Waals surface area contributed by atoms with Crippen molar-refractivity contribution >= 4 is 29.0 Å². The number of ketones is 1. The fraction of sp³-hybridized carbons (Fsp3) is 0.750. The third-order valence-electron chi connectivity index (χ3n) is 4.28. The molecular formula is C20H34N2O3S. The minimum absolute atomic E-state index is 0.183. The van der Waals surface area contributed by atoms with Gasteiger partial charge in [0.15, 0.2) is 0 Å². The van der Waals surface area contributed by atoms with Gasteiger partial charge >= 0.3 is 0 Å². The van der Waals surface area contributed by atoms with Crippen molar-refractivity contribution in [2.75, 3.05) is 19.0 Å². The second-order valence-corrected chi connectivity index (χ2v) is 8.31. The summed E-state index contributed by atoms with van der Waals surface area (Å²) in [6.45, 7) is 12.8. The molecule has 1 saturated carbocycles. The fourth-order valence-electron chi connectivity index (χ4n) is 3.35. The first-order chi connectivity index (χ1) is 12.6. The summed E-state index contributed by atoms with van der Waals surface area (Å²) in [5.41, 5.74) is 1.56. The van der Waals surface area contributed by atoms with Crippen LogP contribution < -0.4 is 0 Å². The molecule has 0 amide bonds. The van der Waals surface area contributed by atoms with Crippen molar-refractivity contribution in [2.45, 2.75) is 65.0 Å². The van der Waals surface area contributed by atoms with Crippen LogP contribution in [-0.4, -0.2) is 41.4 Å². The average Bonchev–Trinajstić information content (AvgIpc) is 2.59. The number of hydrogen-bond donors (Lipinski definition) is 0. The van der Waals surface area contributed by atoms with E-state index in [0.29, 0.717) is 30.8 Å². The Morgan fingerprint density at radius 1 is 1.35 bits per heavy atom. The van der Waals surface area contributed by atoms with Gasteiger partial charge in [0.05, 0.1) is 11.4 Å². The lowest BCUT2D eigenvalue weighted by Gasteiger charge is -2.30. The number of thioether (sulfide) groups is 1. The molecular weight excluding hydrogens is 348 g/mol. The van der Waals surface area contributed by atoms with Crippen LogP contribution in [0.4, 0.5) is 0 Å². The Morgan fingerprint density at radius 3 is 2.73 bits per heavy atom. The van der Waals surface area contributed by atoms with Gasteiger partial charge in [-0.05, 0) is 37.9 Å². The van der Waals surface area contributed by atoms with Crippen molar-refractivity contribution in [2.24, 2.45) is 22.1 Å². The highest BCUT2D eigenvalue weighted by Gasteiger charge is 2.38. The van der Waals surface area contributed by atoms with Crippen LogP contribution in [0.15, 0.2) is 23.0 Å². The van der Waals surface area contributed by atoms with E-state index in [2.05, 4.69) is 37.7 Å². The van der Waals surface area contributed by atoms with Crippen molar-refractivity contribution in [3.05, 3.63) is 12.7 Å². The first-order valence-electron chi connectivity index (χ1n) is 9.69. The van der Waals surface area contributed by atoms with Crippen molar-refractivity contribution in [1.82, 2.24) is 0 Å². The fourth-order valence-corrected chi connectivity index (χ4v) is 4.33. The number of hydrogen-bond acceptors (Lipinski definition) is 6. The molecule has 0 aliphatic heterocycles. The molecule has 0 aromatic heterocycles. The largest absolute Gasteiger partial charge is 0.396 e. The third-order valence-corrected chi connectivity index (χ3v) is 5.38. The second kappa shape index (κ2) is 13.0. The minimum Gasteiger partial charge on any atom is -0.396 e. The summed E-state index contributed by atoms with van der Waals surface area (Å²) in [6.07, 6.45) is 5.66. The standard InChI is InChI=1S/C20H34N2O3S/c1-6-10-17(21-24-8-3)20-18(22-25-11-7-2)13-16(14-19(20)23)12-15(5)26-9-4/h7,15-16,20H,2,6,8-14H2,1,3-5H3/b21-17-,22-18-/t15-,16+,20+/m1/s1. The zero-order valence-corrected chi connectivity index (χ0v) is 17.5. The molecule has 0 radical (unpaired) electrons. The summed E-state index contributed by atoms with van der Waals surface area (Å²) in [5.74, 6) is 1.18. The first-order valence-corrected chi connectivity index (χ1v) is 10.7. The predicted octanol–water partition coefficient (Wildman–Crippen LogP) is 4.86. The van der Waals surface area contributed by atoms with Crippen molar-refractivity contribution in [1.29, 1.82) is 0 Å².